The summed E-state index contributed by atoms with van der Waals surface area (Å²) in [5, 5.41) is 0.792. The number of hydrogen-bond donors (Lipinski definition) is 0. The van der Waals surface area contributed by atoms with Crippen molar-refractivity contribution in [1.29, 1.82) is 0 Å². The van der Waals surface area contributed by atoms with Crippen LogP contribution in [-0.4, -0.2) is 93.7 Å². The van der Waals surface area contributed by atoms with E-state index in [1.807, 2.05) is 20.8 Å². The Morgan fingerprint density at radius 2 is 0.420 bits per heavy atom. The van der Waals surface area contributed by atoms with E-state index in [0.29, 0.717) is 38.5 Å². The molecule has 0 saturated heterocycles. The van der Waals surface area contributed by atoms with E-state index in [0.717, 1.165) is 38.5 Å². The summed E-state index contributed by atoms with van der Waals surface area (Å²) in [5.41, 5.74) is 0. The van der Waals surface area contributed by atoms with Gasteiger partial charge in [0.2, 0.25) is 0 Å². The maximum absolute atomic E-state index is 14.4. The highest BCUT2D eigenvalue weighted by Crippen LogP contribution is 2.52. The Labute approximate surface area is 453 Å². The third-order valence-corrected chi connectivity index (χ3v) is 13.0. The van der Waals surface area contributed by atoms with Gasteiger partial charge in [-0.1, -0.05) is 78.6 Å². The van der Waals surface area contributed by atoms with E-state index in [1.54, 1.807) is 0 Å². The van der Waals surface area contributed by atoms with Gasteiger partial charge in [0.05, 0.1) is 39.6 Å². The molecule has 0 amide bonds. The highest BCUT2D eigenvalue weighted by molar-refractivity contribution is 6.26. The molecule has 81 heavy (non-hydrogen) atoms. The molecule has 4 rings (SSSR count). The average molecular weight is 1210 g/mol. The summed E-state index contributed by atoms with van der Waals surface area (Å²) < 4.78 is 321. The Morgan fingerprint density at radius 1 is 0.247 bits per heavy atom. The molecule has 0 aliphatic heterocycles. The number of rotatable bonds is 36. The van der Waals surface area contributed by atoms with Crippen LogP contribution < -0.4 is 28.4 Å². The van der Waals surface area contributed by atoms with Gasteiger partial charge in [0, 0.05) is 19.3 Å². The predicted molar refractivity (Wildman–Crippen MR) is 260 cm³/mol. The van der Waals surface area contributed by atoms with Gasteiger partial charge < -0.3 is 28.4 Å². The normalized spacial score (nSPS) is 13.6. The third-order valence-electron chi connectivity index (χ3n) is 13.0. The summed E-state index contributed by atoms with van der Waals surface area (Å²) in [6.45, 7) is 2.89. The van der Waals surface area contributed by atoms with E-state index in [9.17, 15) is 92.2 Å². The summed E-state index contributed by atoms with van der Waals surface area (Å²) in [6.07, 6.45) is -21.3. The molecule has 0 aliphatic rings. The summed E-state index contributed by atoms with van der Waals surface area (Å²) in [4.78, 5) is 0. The minimum Gasteiger partial charge on any atom is -0.490 e. The molecular weight excluding hydrogens is 1140 g/mol. The van der Waals surface area contributed by atoms with Crippen LogP contribution in [0.15, 0.2) is 36.4 Å². The number of ether oxygens (including phenoxy) is 6. The summed E-state index contributed by atoms with van der Waals surface area (Å²) >= 11 is 0. The highest BCUT2D eigenvalue weighted by Gasteiger charge is 2.74. The standard InChI is InChI=1S/C54H63F21O6/c1-4-7-10-13-22-76-40-28-34-35-29-41(77-23-14-11-8-5-2)44(80-26-17-20-47(57,58)50(63,64)53(70,71)72)32-38(35)39-33-45(81-27-18-21-48(59,60)51(65,66)54(73,74)75)42(78-24-15-12-9-6-3)30-36(39)37(34)31-43(40)79-25-16-19-46(55,56)49(61,62)52(67,68)69/h28-33H,4-27H2,1-3H3. The van der Waals surface area contributed by atoms with Crippen LogP contribution in [0.25, 0.3) is 32.3 Å². The Kier molecular flexibility index (Phi) is 23.7. The lowest BCUT2D eigenvalue weighted by Crippen LogP contribution is -2.51. The van der Waals surface area contributed by atoms with Crippen molar-refractivity contribution in [2.45, 2.75) is 190 Å². The predicted octanol–water partition coefficient (Wildman–Crippen LogP) is 20.0. The molecule has 0 N–H and O–H groups in total. The van der Waals surface area contributed by atoms with Crippen LogP contribution in [0.4, 0.5) is 92.2 Å². The van der Waals surface area contributed by atoms with Crippen LogP contribution in [-0.2, 0) is 0 Å². The molecule has 0 spiro atoms. The quantitative estimate of drug-likeness (QED) is 0.0257. The van der Waals surface area contributed by atoms with Crippen LogP contribution in [0.5, 0.6) is 34.5 Å². The first-order valence-corrected chi connectivity index (χ1v) is 26.3. The lowest BCUT2D eigenvalue weighted by Gasteiger charge is -2.28. The van der Waals surface area contributed by atoms with E-state index in [4.69, 9.17) is 28.4 Å². The molecule has 0 aliphatic carbocycles. The molecule has 0 bridgehead atoms. The number of halogens is 21. The first-order chi connectivity index (χ1) is 37.5. The lowest BCUT2D eigenvalue weighted by molar-refractivity contribution is -0.356. The van der Waals surface area contributed by atoms with E-state index < -0.39 is 112 Å². The van der Waals surface area contributed by atoms with Gasteiger partial charge in [-0.05, 0) is 107 Å². The van der Waals surface area contributed by atoms with Crippen molar-refractivity contribution < 1.29 is 121 Å². The minimum absolute atomic E-state index is 0.0161. The van der Waals surface area contributed by atoms with Crippen molar-refractivity contribution in [3.8, 4) is 34.5 Å². The smallest absolute Gasteiger partial charge is 0.459 e. The average Bonchev–Trinajstić information content (AvgIpc) is 3.53. The number of alkyl halides is 21. The van der Waals surface area contributed by atoms with Crippen LogP contribution in [0.1, 0.15) is 136 Å². The van der Waals surface area contributed by atoms with Gasteiger partial charge in [0.25, 0.3) is 0 Å². The Morgan fingerprint density at radius 3 is 0.580 bits per heavy atom. The van der Waals surface area contributed by atoms with Gasteiger partial charge in [-0.25, -0.2) is 0 Å². The topological polar surface area (TPSA) is 55.4 Å². The number of fused-ring (bicyclic) bond motifs is 6. The molecule has 27 heteroatoms. The first-order valence-electron chi connectivity index (χ1n) is 26.3. The molecule has 0 saturated carbocycles. The lowest BCUT2D eigenvalue weighted by atomic mass is 9.93. The molecule has 6 nitrogen and oxygen atoms in total. The second kappa shape index (κ2) is 28.0. The molecule has 462 valence electrons. The maximum atomic E-state index is 14.4. The summed E-state index contributed by atoms with van der Waals surface area (Å²) in [7, 11) is 0. The summed E-state index contributed by atoms with van der Waals surface area (Å²) in [5.74, 6) is -37.3. The molecule has 4 aromatic rings. The van der Waals surface area contributed by atoms with Crippen molar-refractivity contribution in [3.05, 3.63) is 36.4 Å². The molecular formula is C54H63F21O6. The number of benzene rings is 4. The molecule has 0 unspecified atom stereocenters. The maximum Gasteiger partial charge on any atom is 0.459 e. The number of unbranched alkanes of at least 4 members (excludes halogenated alkanes) is 9. The highest BCUT2D eigenvalue weighted by atomic mass is 19.4. The molecule has 0 radical (unpaired) electrons. The van der Waals surface area contributed by atoms with E-state index in [-0.39, 0.29) is 86.6 Å². The Hall–Kier alpha value is -5.01. The zero-order valence-electron chi connectivity index (χ0n) is 44.3. The van der Waals surface area contributed by atoms with Gasteiger partial charge in [0.1, 0.15) is 0 Å². The monoisotopic (exact) mass is 1210 g/mol. The fourth-order valence-corrected chi connectivity index (χ4v) is 8.35. The number of hydrogen-bond acceptors (Lipinski definition) is 6. The largest absolute Gasteiger partial charge is 0.490 e. The van der Waals surface area contributed by atoms with Gasteiger partial charge >= 0.3 is 54.1 Å². The van der Waals surface area contributed by atoms with Crippen molar-refractivity contribution in [1.82, 2.24) is 0 Å². The molecule has 0 aromatic heterocycles. The second-order valence-electron chi connectivity index (χ2n) is 19.4. The fourth-order valence-electron chi connectivity index (χ4n) is 8.35. The third kappa shape index (κ3) is 16.8. The minimum atomic E-state index is -6.62. The van der Waals surface area contributed by atoms with Crippen molar-refractivity contribution in [2.75, 3.05) is 39.6 Å². The fraction of sp³-hybridized carbons (Fsp3) is 0.667. The zero-order chi connectivity index (χ0) is 60.9. The van der Waals surface area contributed by atoms with Crippen LogP contribution in [0.3, 0.4) is 0 Å². The van der Waals surface area contributed by atoms with E-state index in [1.165, 1.54) is 36.4 Å². The van der Waals surface area contributed by atoms with Gasteiger partial charge in [-0.15, -0.1) is 0 Å². The van der Waals surface area contributed by atoms with Crippen LogP contribution >= 0.6 is 0 Å². The van der Waals surface area contributed by atoms with E-state index >= 15 is 0 Å². The van der Waals surface area contributed by atoms with Gasteiger partial charge in [-0.3, -0.25) is 0 Å². The van der Waals surface area contributed by atoms with Gasteiger partial charge in [-0.2, -0.15) is 92.2 Å². The first kappa shape index (κ1) is 68.5. The van der Waals surface area contributed by atoms with Gasteiger partial charge in [0.15, 0.2) is 34.5 Å². The summed E-state index contributed by atoms with van der Waals surface area (Å²) in [6, 6.07) is 7.82. The zero-order valence-corrected chi connectivity index (χ0v) is 44.3. The SMILES string of the molecule is CCCCCCOc1cc2c3cc(OCCCCCC)c(OCCCC(F)(F)C(F)(F)C(F)(F)F)cc3c3cc(OCCCC(F)(F)C(F)(F)C(F)(F)F)c(OCCCCCC)cc3c2cc1OCCCC(F)(F)C(F)(F)C(F)(F)F. The molecule has 0 heterocycles. The van der Waals surface area contributed by atoms with Crippen LogP contribution in [0.2, 0.25) is 0 Å². The van der Waals surface area contributed by atoms with E-state index in [2.05, 4.69) is 0 Å². The Balaban J connectivity index is 2.02. The molecule has 4 aromatic carbocycles. The second-order valence-corrected chi connectivity index (χ2v) is 19.4. The molecule has 0 atom stereocenters. The molecule has 0 fully saturated rings. The van der Waals surface area contributed by atoms with Crippen LogP contribution in [0, 0.1) is 0 Å². The van der Waals surface area contributed by atoms with Crippen molar-refractivity contribution in [3.63, 3.8) is 0 Å². The van der Waals surface area contributed by atoms with Crippen molar-refractivity contribution in [2.24, 2.45) is 0 Å². The Bertz CT molecular complexity index is 2610. The van der Waals surface area contributed by atoms with Crippen molar-refractivity contribution >= 4 is 32.3 Å².